The molecule has 0 saturated carbocycles. The monoisotopic (exact) mass is 187 g/mol. The Hall–Kier alpha value is -0.600. The summed E-state index contributed by atoms with van der Waals surface area (Å²) in [6, 6.07) is 5.09. The van der Waals surface area contributed by atoms with Crippen LogP contribution >= 0.6 is 12.4 Å². The van der Waals surface area contributed by atoms with E-state index >= 15 is 0 Å². The summed E-state index contributed by atoms with van der Waals surface area (Å²) in [6.07, 6.45) is 1.81. The van der Waals surface area contributed by atoms with Crippen LogP contribution in [0.15, 0.2) is 18.2 Å². The molecule has 1 unspecified atom stereocenters. The van der Waals surface area contributed by atoms with Gasteiger partial charge in [-0.3, -0.25) is 0 Å². The van der Waals surface area contributed by atoms with Crippen molar-refractivity contribution < 1.29 is 4.39 Å². The van der Waals surface area contributed by atoms with Crippen molar-refractivity contribution >= 4 is 12.4 Å². The van der Waals surface area contributed by atoms with E-state index < -0.39 is 0 Å². The molecule has 1 aromatic rings. The van der Waals surface area contributed by atoms with Crippen LogP contribution < -0.4 is 5.73 Å². The molecule has 3 heteroatoms. The fourth-order valence-electron chi connectivity index (χ4n) is 1.67. The molecule has 2 N–H and O–H groups in total. The molecule has 1 nitrogen and oxygen atoms in total. The van der Waals surface area contributed by atoms with Crippen LogP contribution in [0.1, 0.15) is 23.6 Å². The molecule has 0 bridgehead atoms. The summed E-state index contributed by atoms with van der Waals surface area (Å²) in [5.74, 6) is -0.146. The van der Waals surface area contributed by atoms with Gasteiger partial charge in [-0.05, 0) is 24.5 Å². The van der Waals surface area contributed by atoms with E-state index in [1.807, 2.05) is 6.07 Å². The molecular formula is C9H11ClFN. The quantitative estimate of drug-likeness (QED) is 0.662. The lowest BCUT2D eigenvalue weighted by Gasteiger charge is -2.04. The highest BCUT2D eigenvalue weighted by Gasteiger charge is 2.21. The lowest BCUT2D eigenvalue weighted by molar-refractivity contribution is 0.589. The average Bonchev–Trinajstić information content (AvgIpc) is 2.34. The maximum Gasteiger partial charge on any atom is 0.128 e. The van der Waals surface area contributed by atoms with Gasteiger partial charge in [0.25, 0.3) is 0 Å². The number of hydrogen-bond acceptors (Lipinski definition) is 1. The SMILES string of the molecule is Cl.NC1CCc2cccc(F)c21. The minimum absolute atomic E-state index is 0. The molecule has 1 atom stereocenters. The molecule has 0 radical (unpaired) electrons. The van der Waals surface area contributed by atoms with Crippen molar-refractivity contribution in [2.24, 2.45) is 5.73 Å². The Kier molecular flexibility index (Phi) is 2.70. The molecule has 2 rings (SSSR count). The highest BCUT2D eigenvalue weighted by Crippen LogP contribution is 2.30. The molecule has 0 heterocycles. The zero-order valence-corrected chi connectivity index (χ0v) is 7.40. The fourth-order valence-corrected chi connectivity index (χ4v) is 1.67. The zero-order valence-electron chi connectivity index (χ0n) is 6.59. The van der Waals surface area contributed by atoms with Crippen molar-refractivity contribution in [1.82, 2.24) is 0 Å². The highest BCUT2D eigenvalue weighted by atomic mass is 35.5. The van der Waals surface area contributed by atoms with Crippen molar-refractivity contribution in [3.63, 3.8) is 0 Å². The lowest BCUT2D eigenvalue weighted by atomic mass is 10.1. The van der Waals surface area contributed by atoms with Crippen LogP contribution in [0.4, 0.5) is 4.39 Å². The molecule has 0 saturated heterocycles. The minimum atomic E-state index is -0.146. The van der Waals surface area contributed by atoms with Gasteiger partial charge in [0, 0.05) is 11.6 Å². The van der Waals surface area contributed by atoms with Gasteiger partial charge in [0.05, 0.1) is 0 Å². The van der Waals surface area contributed by atoms with Gasteiger partial charge in [-0.2, -0.15) is 0 Å². The Bertz CT molecular complexity index is 288. The first-order chi connectivity index (χ1) is 5.29. The van der Waals surface area contributed by atoms with Gasteiger partial charge in [0.15, 0.2) is 0 Å². The molecule has 0 fully saturated rings. The molecule has 1 aliphatic carbocycles. The van der Waals surface area contributed by atoms with Crippen molar-refractivity contribution in [3.05, 3.63) is 35.1 Å². The molecule has 0 aromatic heterocycles. The molecule has 0 aliphatic heterocycles. The van der Waals surface area contributed by atoms with Crippen LogP contribution in [0.2, 0.25) is 0 Å². The summed E-state index contributed by atoms with van der Waals surface area (Å²) in [7, 11) is 0. The van der Waals surface area contributed by atoms with Crippen LogP contribution in [0, 0.1) is 5.82 Å². The van der Waals surface area contributed by atoms with E-state index in [4.69, 9.17) is 5.73 Å². The summed E-state index contributed by atoms with van der Waals surface area (Å²) in [5.41, 5.74) is 7.52. The smallest absolute Gasteiger partial charge is 0.128 e. The molecule has 66 valence electrons. The Labute approximate surface area is 77.2 Å². The van der Waals surface area contributed by atoms with Gasteiger partial charge in [-0.25, -0.2) is 4.39 Å². The number of nitrogens with two attached hydrogens (primary N) is 1. The summed E-state index contributed by atoms with van der Waals surface area (Å²) < 4.78 is 13.1. The van der Waals surface area contributed by atoms with E-state index in [0.29, 0.717) is 0 Å². The molecule has 1 aromatic carbocycles. The Morgan fingerprint density at radius 1 is 1.42 bits per heavy atom. The third kappa shape index (κ3) is 1.32. The number of benzene rings is 1. The first kappa shape index (κ1) is 9.49. The van der Waals surface area contributed by atoms with Gasteiger partial charge in [0.2, 0.25) is 0 Å². The van der Waals surface area contributed by atoms with Crippen molar-refractivity contribution in [2.45, 2.75) is 18.9 Å². The molecule has 0 spiro atoms. The number of aryl methyl sites for hydroxylation is 1. The van der Waals surface area contributed by atoms with Gasteiger partial charge in [0.1, 0.15) is 5.82 Å². The molecular weight excluding hydrogens is 177 g/mol. The lowest BCUT2D eigenvalue weighted by Crippen LogP contribution is -2.07. The summed E-state index contributed by atoms with van der Waals surface area (Å²) >= 11 is 0. The van der Waals surface area contributed by atoms with Gasteiger partial charge in [-0.1, -0.05) is 12.1 Å². The number of rotatable bonds is 0. The van der Waals surface area contributed by atoms with Gasteiger partial charge >= 0.3 is 0 Å². The maximum atomic E-state index is 13.1. The van der Waals surface area contributed by atoms with Crippen LogP contribution in [0.25, 0.3) is 0 Å². The van der Waals surface area contributed by atoms with Crippen LogP contribution in [-0.4, -0.2) is 0 Å². The van der Waals surface area contributed by atoms with E-state index in [2.05, 4.69) is 0 Å². The molecule has 12 heavy (non-hydrogen) atoms. The number of halogens is 2. The second-order valence-corrected chi connectivity index (χ2v) is 2.96. The van der Waals surface area contributed by atoms with Crippen molar-refractivity contribution in [2.75, 3.05) is 0 Å². The van der Waals surface area contributed by atoms with Crippen LogP contribution in [-0.2, 0) is 6.42 Å². The zero-order chi connectivity index (χ0) is 7.84. The highest BCUT2D eigenvalue weighted by molar-refractivity contribution is 5.85. The average molecular weight is 188 g/mol. The topological polar surface area (TPSA) is 26.0 Å². The number of fused-ring (bicyclic) bond motifs is 1. The first-order valence-corrected chi connectivity index (χ1v) is 3.82. The second kappa shape index (κ2) is 3.42. The predicted molar refractivity (Wildman–Crippen MR) is 48.9 cm³/mol. The summed E-state index contributed by atoms with van der Waals surface area (Å²) in [6.45, 7) is 0. The Morgan fingerprint density at radius 3 is 2.83 bits per heavy atom. The third-order valence-electron chi connectivity index (χ3n) is 2.24. The Balaban J connectivity index is 0.000000720. The van der Waals surface area contributed by atoms with E-state index in [0.717, 1.165) is 24.0 Å². The summed E-state index contributed by atoms with van der Waals surface area (Å²) in [4.78, 5) is 0. The van der Waals surface area contributed by atoms with Crippen LogP contribution in [0.5, 0.6) is 0 Å². The minimum Gasteiger partial charge on any atom is -0.324 e. The maximum absolute atomic E-state index is 13.1. The predicted octanol–water partition coefficient (Wildman–Crippen LogP) is 2.19. The van der Waals surface area contributed by atoms with E-state index in [9.17, 15) is 4.39 Å². The van der Waals surface area contributed by atoms with Gasteiger partial charge < -0.3 is 5.73 Å². The normalized spacial score (nSPS) is 20.0. The van der Waals surface area contributed by atoms with Crippen LogP contribution in [0.3, 0.4) is 0 Å². The Morgan fingerprint density at radius 2 is 2.17 bits per heavy atom. The van der Waals surface area contributed by atoms with Crippen molar-refractivity contribution in [1.29, 1.82) is 0 Å². The van der Waals surface area contributed by atoms with E-state index in [-0.39, 0.29) is 24.3 Å². The molecule has 1 aliphatic rings. The van der Waals surface area contributed by atoms with E-state index in [1.54, 1.807) is 6.07 Å². The van der Waals surface area contributed by atoms with Gasteiger partial charge in [-0.15, -0.1) is 12.4 Å². The third-order valence-corrected chi connectivity index (χ3v) is 2.24. The fraction of sp³-hybridized carbons (Fsp3) is 0.333. The summed E-state index contributed by atoms with van der Waals surface area (Å²) in [5, 5.41) is 0. The van der Waals surface area contributed by atoms with Crippen molar-refractivity contribution in [3.8, 4) is 0 Å². The largest absolute Gasteiger partial charge is 0.324 e. The molecule has 0 amide bonds. The number of hydrogen-bond donors (Lipinski definition) is 1. The first-order valence-electron chi connectivity index (χ1n) is 3.82. The van der Waals surface area contributed by atoms with E-state index in [1.165, 1.54) is 6.07 Å². The second-order valence-electron chi connectivity index (χ2n) is 2.96. The standard InChI is InChI=1S/C9H10FN.ClH/c10-7-3-1-2-6-4-5-8(11)9(6)7;/h1-3,8H,4-5,11H2;1H.